The first-order chi connectivity index (χ1) is 8.83. The highest BCUT2D eigenvalue weighted by atomic mass is 16.5. The van der Waals surface area contributed by atoms with Crippen LogP contribution < -0.4 is 0 Å². The number of aromatic nitrogens is 4. The molecule has 0 fully saturated rings. The van der Waals surface area contributed by atoms with Crippen LogP contribution in [0.15, 0.2) is 30.9 Å². The van der Waals surface area contributed by atoms with Crippen molar-refractivity contribution in [2.45, 2.75) is 19.1 Å². The van der Waals surface area contributed by atoms with E-state index in [1.165, 1.54) is 6.33 Å². The van der Waals surface area contributed by atoms with Crippen LogP contribution in [0.4, 0.5) is 0 Å². The van der Waals surface area contributed by atoms with E-state index in [9.17, 15) is 5.11 Å². The van der Waals surface area contributed by atoms with Crippen LogP contribution in [0.5, 0.6) is 0 Å². The molecule has 1 N–H and O–H groups in total. The van der Waals surface area contributed by atoms with Crippen LogP contribution in [0.1, 0.15) is 23.9 Å². The van der Waals surface area contributed by atoms with Crippen LogP contribution >= 0.6 is 0 Å². The summed E-state index contributed by atoms with van der Waals surface area (Å²) in [5.74, 6) is 0. The van der Waals surface area contributed by atoms with Gasteiger partial charge in [-0.3, -0.25) is 4.68 Å². The summed E-state index contributed by atoms with van der Waals surface area (Å²) >= 11 is 0. The zero-order valence-corrected chi connectivity index (χ0v) is 10.2. The number of rotatable bonds is 6. The Labute approximate surface area is 105 Å². The average molecular weight is 248 g/mol. The standard InChI is InChI=1S/C12H16N4O2/c1-18-8-2-7-16-11(4-6-15-16)12(17)10-3-5-13-9-14-10/h3-6,9,12,17H,2,7-8H2,1H3. The highest BCUT2D eigenvalue weighted by Crippen LogP contribution is 2.19. The Kier molecular flexibility index (Phi) is 4.38. The molecule has 0 saturated carbocycles. The maximum absolute atomic E-state index is 10.2. The largest absolute Gasteiger partial charge is 0.385 e. The SMILES string of the molecule is COCCCn1nccc1C(O)c1ccncn1. The van der Waals surface area contributed by atoms with Gasteiger partial charge in [-0.05, 0) is 18.6 Å². The summed E-state index contributed by atoms with van der Waals surface area (Å²) < 4.78 is 6.77. The second kappa shape index (κ2) is 6.23. The van der Waals surface area contributed by atoms with Gasteiger partial charge >= 0.3 is 0 Å². The van der Waals surface area contributed by atoms with E-state index in [2.05, 4.69) is 15.1 Å². The molecule has 96 valence electrons. The van der Waals surface area contributed by atoms with Gasteiger partial charge in [0.25, 0.3) is 0 Å². The van der Waals surface area contributed by atoms with Crippen LogP contribution in [0, 0.1) is 0 Å². The van der Waals surface area contributed by atoms with Crippen molar-refractivity contribution in [1.29, 1.82) is 0 Å². The predicted molar refractivity (Wildman–Crippen MR) is 64.8 cm³/mol. The van der Waals surface area contributed by atoms with Gasteiger partial charge in [-0.1, -0.05) is 0 Å². The summed E-state index contributed by atoms with van der Waals surface area (Å²) in [5, 5.41) is 14.4. The lowest BCUT2D eigenvalue weighted by Gasteiger charge is -2.12. The molecule has 0 amide bonds. The Morgan fingerprint density at radius 1 is 1.39 bits per heavy atom. The van der Waals surface area contributed by atoms with Crippen LogP contribution in [0.3, 0.4) is 0 Å². The summed E-state index contributed by atoms with van der Waals surface area (Å²) in [6.07, 6.45) is 4.77. The molecular weight excluding hydrogens is 232 g/mol. The lowest BCUT2D eigenvalue weighted by molar-refractivity contribution is 0.181. The second-order valence-corrected chi connectivity index (χ2v) is 3.86. The molecule has 0 aromatic carbocycles. The van der Waals surface area contributed by atoms with Gasteiger partial charge in [0.1, 0.15) is 12.4 Å². The fourth-order valence-electron chi connectivity index (χ4n) is 1.73. The third-order valence-corrected chi connectivity index (χ3v) is 2.63. The molecule has 2 aromatic rings. The van der Waals surface area contributed by atoms with Gasteiger partial charge in [0.2, 0.25) is 0 Å². The number of hydrogen-bond acceptors (Lipinski definition) is 5. The van der Waals surface area contributed by atoms with E-state index in [-0.39, 0.29) is 0 Å². The molecule has 2 heterocycles. The molecule has 2 aromatic heterocycles. The fraction of sp³-hybridized carbons (Fsp3) is 0.417. The Bertz CT molecular complexity index is 472. The first kappa shape index (κ1) is 12.7. The number of aryl methyl sites for hydroxylation is 1. The molecule has 0 saturated heterocycles. The first-order valence-corrected chi connectivity index (χ1v) is 5.77. The maximum Gasteiger partial charge on any atom is 0.138 e. The molecule has 1 atom stereocenters. The van der Waals surface area contributed by atoms with Gasteiger partial charge in [0, 0.05) is 32.7 Å². The molecule has 6 nitrogen and oxygen atoms in total. The number of methoxy groups -OCH3 is 1. The molecule has 1 unspecified atom stereocenters. The molecule has 0 spiro atoms. The van der Waals surface area contributed by atoms with Crippen molar-refractivity contribution in [1.82, 2.24) is 19.7 Å². The lowest BCUT2D eigenvalue weighted by atomic mass is 10.2. The minimum absolute atomic E-state index is 0.568. The molecule has 6 heteroatoms. The normalized spacial score (nSPS) is 12.6. The topological polar surface area (TPSA) is 73.1 Å². The Hall–Kier alpha value is -1.79. The third kappa shape index (κ3) is 2.91. The van der Waals surface area contributed by atoms with Crippen molar-refractivity contribution in [2.24, 2.45) is 0 Å². The fourth-order valence-corrected chi connectivity index (χ4v) is 1.73. The maximum atomic E-state index is 10.2. The summed E-state index contributed by atoms with van der Waals surface area (Å²) in [4.78, 5) is 7.88. The van der Waals surface area contributed by atoms with Crippen molar-refractivity contribution >= 4 is 0 Å². The van der Waals surface area contributed by atoms with E-state index >= 15 is 0 Å². The van der Waals surface area contributed by atoms with Crippen molar-refractivity contribution in [3.8, 4) is 0 Å². The lowest BCUT2D eigenvalue weighted by Crippen LogP contribution is -2.12. The average Bonchev–Trinajstić information content (AvgIpc) is 2.88. The predicted octanol–water partition coefficient (Wildman–Crippen LogP) is 0.791. The van der Waals surface area contributed by atoms with E-state index in [1.807, 2.05) is 0 Å². The molecule has 0 aliphatic rings. The van der Waals surface area contributed by atoms with E-state index in [0.29, 0.717) is 18.8 Å². The quantitative estimate of drug-likeness (QED) is 0.765. The number of aliphatic hydroxyl groups is 1. The van der Waals surface area contributed by atoms with Crippen molar-refractivity contribution in [3.63, 3.8) is 0 Å². The zero-order chi connectivity index (χ0) is 12.8. The Morgan fingerprint density at radius 3 is 3.00 bits per heavy atom. The summed E-state index contributed by atoms with van der Waals surface area (Å²) in [5.41, 5.74) is 1.29. The van der Waals surface area contributed by atoms with Gasteiger partial charge in [-0.2, -0.15) is 5.10 Å². The number of hydrogen-bond donors (Lipinski definition) is 1. The van der Waals surface area contributed by atoms with Gasteiger partial charge in [0.05, 0.1) is 11.4 Å². The molecule has 0 bridgehead atoms. The van der Waals surface area contributed by atoms with Crippen molar-refractivity contribution in [3.05, 3.63) is 42.2 Å². The summed E-state index contributed by atoms with van der Waals surface area (Å²) in [7, 11) is 1.67. The van der Waals surface area contributed by atoms with Crippen LogP contribution in [0.25, 0.3) is 0 Å². The third-order valence-electron chi connectivity index (χ3n) is 2.63. The highest BCUT2D eigenvalue weighted by Gasteiger charge is 2.16. The first-order valence-electron chi connectivity index (χ1n) is 5.77. The van der Waals surface area contributed by atoms with Crippen molar-refractivity contribution < 1.29 is 9.84 Å². The van der Waals surface area contributed by atoms with E-state index in [1.54, 1.807) is 36.3 Å². The second-order valence-electron chi connectivity index (χ2n) is 3.86. The summed E-state index contributed by atoms with van der Waals surface area (Å²) in [6.45, 7) is 1.38. The Morgan fingerprint density at radius 2 is 2.28 bits per heavy atom. The van der Waals surface area contributed by atoms with Crippen LogP contribution in [-0.4, -0.2) is 38.6 Å². The monoisotopic (exact) mass is 248 g/mol. The molecule has 0 radical (unpaired) electrons. The van der Waals surface area contributed by atoms with E-state index < -0.39 is 6.10 Å². The Balaban J connectivity index is 2.11. The van der Waals surface area contributed by atoms with Gasteiger partial charge < -0.3 is 9.84 Å². The molecule has 0 aliphatic carbocycles. The molecule has 18 heavy (non-hydrogen) atoms. The molecule has 2 rings (SSSR count). The smallest absolute Gasteiger partial charge is 0.138 e. The van der Waals surface area contributed by atoms with Crippen molar-refractivity contribution in [2.75, 3.05) is 13.7 Å². The molecular formula is C12H16N4O2. The van der Waals surface area contributed by atoms with Crippen LogP contribution in [0.2, 0.25) is 0 Å². The summed E-state index contributed by atoms with van der Waals surface area (Å²) in [6, 6.07) is 3.48. The highest BCUT2D eigenvalue weighted by molar-refractivity contribution is 5.17. The van der Waals surface area contributed by atoms with Gasteiger partial charge in [0.15, 0.2) is 0 Å². The zero-order valence-electron chi connectivity index (χ0n) is 10.2. The number of nitrogens with zero attached hydrogens (tertiary/aromatic N) is 4. The van der Waals surface area contributed by atoms with E-state index in [0.717, 1.165) is 12.1 Å². The van der Waals surface area contributed by atoms with Gasteiger partial charge in [-0.25, -0.2) is 9.97 Å². The minimum Gasteiger partial charge on any atom is -0.385 e. The molecule has 0 aliphatic heterocycles. The van der Waals surface area contributed by atoms with Gasteiger partial charge in [-0.15, -0.1) is 0 Å². The van der Waals surface area contributed by atoms with Crippen LogP contribution in [-0.2, 0) is 11.3 Å². The number of aliphatic hydroxyl groups excluding tert-OH is 1. The minimum atomic E-state index is -0.780. The van der Waals surface area contributed by atoms with E-state index in [4.69, 9.17) is 4.74 Å². The number of ether oxygens (including phenoxy) is 1.